The lowest BCUT2D eigenvalue weighted by molar-refractivity contribution is -0.133. The summed E-state index contributed by atoms with van der Waals surface area (Å²) in [5, 5.41) is 0. The van der Waals surface area contributed by atoms with E-state index in [-0.39, 0.29) is 11.8 Å². The van der Waals surface area contributed by atoms with E-state index in [9.17, 15) is 4.79 Å². The van der Waals surface area contributed by atoms with Crippen LogP contribution in [0.2, 0.25) is 0 Å². The maximum Gasteiger partial charge on any atom is 0.222 e. The van der Waals surface area contributed by atoms with Gasteiger partial charge in [-0.3, -0.25) is 9.78 Å². The van der Waals surface area contributed by atoms with E-state index >= 15 is 0 Å². The van der Waals surface area contributed by atoms with Crippen LogP contribution in [0.3, 0.4) is 0 Å². The highest BCUT2D eigenvalue weighted by atomic mass is 16.5. The van der Waals surface area contributed by atoms with E-state index in [0.717, 1.165) is 50.2 Å². The first-order valence-corrected chi connectivity index (χ1v) is 9.63. The van der Waals surface area contributed by atoms with Crippen molar-refractivity contribution in [1.82, 2.24) is 14.3 Å². The smallest absolute Gasteiger partial charge is 0.222 e. The molecule has 1 atom stereocenters. The second kappa shape index (κ2) is 8.18. The van der Waals surface area contributed by atoms with Crippen LogP contribution in [0.4, 0.5) is 0 Å². The van der Waals surface area contributed by atoms with Crippen LogP contribution in [-0.4, -0.2) is 59.7 Å². The van der Waals surface area contributed by atoms with Crippen LogP contribution in [-0.2, 0) is 20.7 Å². The second-order valence-corrected chi connectivity index (χ2v) is 7.42. The number of nitrogens with zero attached hydrogens (tertiary/aromatic N) is 3. The first kappa shape index (κ1) is 17.5. The summed E-state index contributed by atoms with van der Waals surface area (Å²) >= 11 is 0. The van der Waals surface area contributed by atoms with Gasteiger partial charge in [-0.25, -0.2) is 0 Å². The van der Waals surface area contributed by atoms with Crippen molar-refractivity contribution >= 4 is 11.4 Å². The van der Waals surface area contributed by atoms with E-state index in [4.69, 9.17) is 9.47 Å². The van der Waals surface area contributed by atoms with Gasteiger partial charge >= 0.3 is 0 Å². The highest BCUT2D eigenvalue weighted by molar-refractivity contribution is 5.76. The summed E-state index contributed by atoms with van der Waals surface area (Å²) in [6.07, 6.45) is 9.31. The van der Waals surface area contributed by atoms with Crippen LogP contribution < -0.4 is 0 Å². The Kier molecular flexibility index (Phi) is 5.51. The highest BCUT2D eigenvalue weighted by Crippen LogP contribution is 2.22. The molecule has 0 spiro atoms. The summed E-state index contributed by atoms with van der Waals surface area (Å²) < 4.78 is 13.3. The molecule has 140 valence electrons. The zero-order valence-corrected chi connectivity index (χ0v) is 15.2. The predicted molar refractivity (Wildman–Crippen MR) is 97.9 cm³/mol. The average Bonchev–Trinajstić information content (AvgIpc) is 3.02. The minimum atomic E-state index is 0.265. The number of hydrogen-bond donors (Lipinski definition) is 0. The molecule has 0 aromatic carbocycles. The molecule has 0 bridgehead atoms. The van der Waals surface area contributed by atoms with Crippen molar-refractivity contribution in [3.63, 3.8) is 0 Å². The largest absolute Gasteiger partial charge is 0.381 e. The van der Waals surface area contributed by atoms with Crippen LogP contribution in [0, 0.1) is 11.8 Å². The van der Waals surface area contributed by atoms with Crippen molar-refractivity contribution < 1.29 is 14.3 Å². The fraction of sp³-hybridized carbons (Fsp3) is 0.600. The minimum absolute atomic E-state index is 0.265. The quantitative estimate of drug-likeness (QED) is 0.842. The van der Waals surface area contributed by atoms with Gasteiger partial charge in [0.25, 0.3) is 0 Å². The molecule has 2 saturated heterocycles. The average molecular weight is 357 g/mol. The standard InChI is InChI=1S/C20H27N3O3/c24-20(13-16-3-9-25-10-4-16)23-8-11-26-15-17(14-23)12-18-19-2-1-6-22(19)7-5-21-18/h1-2,5-7,16-17H,3-4,8-15H2/t17-/m1/s1. The monoisotopic (exact) mass is 357 g/mol. The van der Waals surface area contributed by atoms with Crippen molar-refractivity contribution in [2.45, 2.75) is 25.7 Å². The molecule has 0 radical (unpaired) electrons. The molecule has 0 unspecified atom stereocenters. The SMILES string of the molecule is O=C(CC1CCOCC1)N1CCOC[C@H](Cc2nccn3cccc23)C1. The van der Waals surface area contributed by atoms with E-state index in [1.165, 1.54) is 0 Å². The normalized spacial score (nSPS) is 22.5. The van der Waals surface area contributed by atoms with Crippen LogP contribution >= 0.6 is 0 Å². The fourth-order valence-corrected chi connectivity index (χ4v) is 4.02. The summed E-state index contributed by atoms with van der Waals surface area (Å²) in [4.78, 5) is 19.4. The third-order valence-corrected chi connectivity index (χ3v) is 5.51. The summed E-state index contributed by atoms with van der Waals surface area (Å²) in [5.74, 6) is 1.01. The summed E-state index contributed by atoms with van der Waals surface area (Å²) in [6.45, 7) is 4.34. The molecule has 4 rings (SSSR count). The van der Waals surface area contributed by atoms with Gasteiger partial charge in [0.15, 0.2) is 0 Å². The molecule has 0 aliphatic carbocycles. The Labute approximate surface area is 154 Å². The van der Waals surface area contributed by atoms with Gasteiger partial charge in [0.05, 0.1) is 24.4 Å². The second-order valence-electron chi connectivity index (χ2n) is 7.42. The summed E-state index contributed by atoms with van der Waals surface area (Å²) in [5.41, 5.74) is 2.21. The Bertz CT molecular complexity index is 739. The number of ether oxygens (including phenoxy) is 2. The minimum Gasteiger partial charge on any atom is -0.381 e. The van der Waals surface area contributed by atoms with Gasteiger partial charge in [-0.2, -0.15) is 0 Å². The maximum absolute atomic E-state index is 12.8. The van der Waals surface area contributed by atoms with Gasteiger partial charge in [0, 0.05) is 57.2 Å². The van der Waals surface area contributed by atoms with Crippen molar-refractivity contribution in [3.05, 3.63) is 36.4 Å². The summed E-state index contributed by atoms with van der Waals surface area (Å²) in [7, 11) is 0. The zero-order valence-electron chi connectivity index (χ0n) is 15.2. The molecule has 1 amide bonds. The first-order chi connectivity index (χ1) is 12.8. The molecule has 26 heavy (non-hydrogen) atoms. The maximum atomic E-state index is 12.8. The zero-order chi connectivity index (χ0) is 17.8. The molecule has 0 N–H and O–H groups in total. The lowest BCUT2D eigenvalue weighted by Gasteiger charge is -2.27. The van der Waals surface area contributed by atoms with Crippen LogP contribution in [0.1, 0.15) is 25.0 Å². The van der Waals surface area contributed by atoms with Gasteiger partial charge in [-0.1, -0.05) is 0 Å². The molecule has 4 heterocycles. The van der Waals surface area contributed by atoms with Crippen molar-refractivity contribution in [1.29, 1.82) is 0 Å². The van der Waals surface area contributed by atoms with Gasteiger partial charge in [-0.05, 0) is 37.3 Å². The highest BCUT2D eigenvalue weighted by Gasteiger charge is 2.26. The number of amides is 1. The first-order valence-electron chi connectivity index (χ1n) is 9.63. The number of aromatic nitrogens is 2. The fourth-order valence-electron chi connectivity index (χ4n) is 4.02. The molecule has 0 saturated carbocycles. The number of fused-ring (bicyclic) bond motifs is 1. The molecule has 6 nitrogen and oxygen atoms in total. The van der Waals surface area contributed by atoms with E-state index in [0.29, 0.717) is 32.1 Å². The topological polar surface area (TPSA) is 56.1 Å². The van der Waals surface area contributed by atoms with Gasteiger partial charge in [0.1, 0.15) is 0 Å². The van der Waals surface area contributed by atoms with Crippen LogP contribution in [0.5, 0.6) is 0 Å². The Balaban J connectivity index is 1.40. The van der Waals surface area contributed by atoms with E-state index in [1.807, 2.05) is 29.6 Å². The molecule has 2 aliphatic rings. The van der Waals surface area contributed by atoms with Crippen molar-refractivity contribution in [2.75, 3.05) is 39.5 Å². The predicted octanol–water partition coefficient (Wildman–Crippen LogP) is 2.17. The number of carbonyl (C=O) groups excluding carboxylic acids is 1. The van der Waals surface area contributed by atoms with Gasteiger partial charge < -0.3 is 18.8 Å². The van der Waals surface area contributed by atoms with Crippen LogP contribution in [0.25, 0.3) is 5.52 Å². The number of hydrogen-bond acceptors (Lipinski definition) is 4. The van der Waals surface area contributed by atoms with Crippen molar-refractivity contribution in [2.24, 2.45) is 11.8 Å². The molecule has 6 heteroatoms. The van der Waals surface area contributed by atoms with E-state index < -0.39 is 0 Å². The van der Waals surface area contributed by atoms with E-state index in [1.54, 1.807) is 0 Å². The molecular formula is C20H27N3O3. The molecule has 2 fully saturated rings. The lowest BCUT2D eigenvalue weighted by Crippen LogP contribution is -2.38. The summed E-state index contributed by atoms with van der Waals surface area (Å²) in [6, 6.07) is 4.13. The van der Waals surface area contributed by atoms with Crippen molar-refractivity contribution in [3.8, 4) is 0 Å². The number of carbonyl (C=O) groups is 1. The molecule has 2 aliphatic heterocycles. The molecular weight excluding hydrogens is 330 g/mol. The van der Waals surface area contributed by atoms with Gasteiger partial charge in [0.2, 0.25) is 5.91 Å². The molecule has 2 aromatic rings. The third-order valence-electron chi connectivity index (χ3n) is 5.51. The van der Waals surface area contributed by atoms with Crippen LogP contribution in [0.15, 0.2) is 30.7 Å². The number of rotatable bonds is 4. The Hall–Kier alpha value is -1.92. The Morgan fingerprint density at radius 2 is 2.04 bits per heavy atom. The molecule has 2 aromatic heterocycles. The van der Waals surface area contributed by atoms with E-state index in [2.05, 4.69) is 15.5 Å². The third kappa shape index (κ3) is 4.07. The Morgan fingerprint density at radius 3 is 2.92 bits per heavy atom. The Morgan fingerprint density at radius 1 is 1.15 bits per heavy atom. The van der Waals surface area contributed by atoms with Gasteiger partial charge in [-0.15, -0.1) is 0 Å². The lowest BCUT2D eigenvalue weighted by atomic mass is 9.95.